The fourth-order valence-corrected chi connectivity index (χ4v) is 2.31. The summed E-state index contributed by atoms with van der Waals surface area (Å²) in [5.41, 5.74) is 2.35. The van der Waals surface area contributed by atoms with E-state index in [1.54, 1.807) is 14.2 Å². The predicted molar refractivity (Wildman–Crippen MR) is 71.8 cm³/mol. The van der Waals surface area contributed by atoms with E-state index < -0.39 is 8.80 Å². The minimum absolute atomic E-state index is 0.602. The average Bonchev–Trinajstić information content (AvgIpc) is 2.39. The zero-order chi connectivity index (χ0) is 12.7. The lowest BCUT2D eigenvalue weighted by Crippen LogP contribution is -2.40. The van der Waals surface area contributed by atoms with Crippen LogP contribution in [0.1, 0.15) is 11.1 Å². The van der Waals surface area contributed by atoms with Crippen LogP contribution in [0.15, 0.2) is 30.8 Å². The van der Waals surface area contributed by atoms with E-state index in [0.717, 1.165) is 12.0 Å². The standard InChI is InChI=1S/C13H20O3Si/c1-5-12-7-6-8-13(11-12)9-10-16-17(4,14-2)15-3/h5-8,11H,1,9-10H2,2-4H3. The molecule has 0 aromatic heterocycles. The zero-order valence-electron chi connectivity index (χ0n) is 10.7. The van der Waals surface area contributed by atoms with Gasteiger partial charge in [0.25, 0.3) is 0 Å². The third-order valence-electron chi connectivity index (χ3n) is 2.68. The molecule has 0 bridgehead atoms. The molecule has 0 unspecified atom stereocenters. The first-order valence-corrected chi connectivity index (χ1v) is 7.81. The molecular formula is C13H20O3Si. The summed E-state index contributed by atoms with van der Waals surface area (Å²) in [6.45, 7) is 6.24. The molecule has 0 spiro atoms. The van der Waals surface area contributed by atoms with Crippen molar-refractivity contribution in [1.82, 2.24) is 0 Å². The molecule has 0 N–H and O–H groups in total. The van der Waals surface area contributed by atoms with Gasteiger partial charge in [-0.1, -0.05) is 36.9 Å². The Morgan fingerprint density at radius 3 is 2.59 bits per heavy atom. The number of rotatable bonds is 7. The van der Waals surface area contributed by atoms with Gasteiger partial charge < -0.3 is 13.3 Å². The van der Waals surface area contributed by atoms with Gasteiger partial charge in [-0.25, -0.2) is 0 Å². The summed E-state index contributed by atoms with van der Waals surface area (Å²) < 4.78 is 16.2. The van der Waals surface area contributed by atoms with Gasteiger partial charge in [0.2, 0.25) is 0 Å². The van der Waals surface area contributed by atoms with Crippen molar-refractivity contribution < 1.29 is 13.3 Å². The highest BCUT2D eigenvalue weighted by Crippen LogP contribution is 2.10. The molecule has 4 heteroatoms. The normalized spacial score (nSPS) is 11.5. The van der Waals surface area contributed by atoms with Gasteiger partial charge in [0.15, 0.2) is 0 Å². The molecule has 0 heterocycles. The number of benzene rings is 1. The second-order valence-electron chi connectivity index (χ2n) is 3.82. The number of hydrogen-bond donors (Lipinski definition) is 0. The molecule has 0 amide bonds. The van der Waals surface area contributed by atoms with Crippen LogP contribution in [0.2, 0.25) is 6.55 Å². The van der Waals surface area contributed by atoms with Crippen molar-refractivity contribution >= 4 is 14.9 Å². The lowest BCUT2D eigenvalue weighted by Gasteiger charge is -2.21. The van der Waals surface area contributed by atoms with Crippen LogP contribution in [-0.4, -0.2) is 29.6 Å². The lowest BCUT2D eigenvalue weighted by molar-refractivity contribution is 0.107. The van der Waals surface area contributed by atoms with Crippen LogP contribution in [0, 0.1) is 0 Å². The highest BCUT2D eigenvalue weighted by Gasteiger charge is 2.31. The third-order valence-corrected chi connectivity index (χ3v) is 4.89. The summed E-state index contributed by atoms with van der Waals surface area (Å²) in [4.78, 5) is 0. The second-order valence-corrected chi connectivity index (χ2v) is 6.65. The molecule has 3 nitrogen and oxygen atoms in total. The SMILES string of the molecule is C=Cc1cccc(CCO[Si](C)(OC)OC)c1. The summed E-state index contributed by atoms with van der Waals surface area (Å²) in [5.74, 6) is 0. The van der Waals surface area contributed by atoms with E-state index in [0.29, 0.717) is 6.61 Å². The van der Waals surface area contributed by atoms with Gasteiger partial charge >= 0.3 is 8.80 Å². The molecule has 0 fully saturated rings. The van der Waals surface area contributed by atoms with E-state index >= 15 is 0 Å². The molecule has 17 heavy (non-hydrogen) atoms. The van der Waals surface area contributed by atoms with E-state index in [2.05, 4.69) is 18.7 Å². The lowest BCUT2D eigenvalue weighted by atomic mass is 10.1. The topological polar surface area (TPSA) is 27.7 Å². The summed E-state index contributed by atoms with van der Waals surface area (Å²) in [5, 5.41) is 0. The highest BCUT2D eigenvalue weighted by atomic mass is 28.4. The Hall–Kier alpha value is -0.943. The van der Waals surface area contributed by atoms with Crippen molar-refractivity contribution in [2.75, 3.05) is 20.8 Å². The second kappa shape index (κ2) is 6.71. The summed E-state index contributed by atoms with van der Waals surface area (Å²) in [7, 11) is 0.845. The first-order chi connectivity index (χ1) is 8.13. The van der Waals surface area contributed by atoms with Crippen molar-refractivity contribution in [1.29, 1.82) is 0 Å². The number of hydrogen-bond acceptors (Lipinski definition) is 3. The van der Waals surface area contributed by atoms with Crippen LogP contribution in [0.25, 0.3) is 6.08 Å². The van der Waals surface area contributed by atoms with Crippen LogP contribution in [-0.2, 0) is 19.7 Å². The van der Waals surface area contributed by atoms with Crippen molar-refractivity contribution in [3.05, 3.63) is 42.0 Å². The van der Waals surface area contributed by atoms with Crippen LogP contribution >= 0.6 is 0 Å². The molecule has 1 rings (SSSR count). The molecule has 1 aromatic rings. The van der Waals surface area contributed by atoms with Crippen LogP contribution < -0.4 is 0 Å². The van der Waals surface area contributed by atoms with Gasteiger partial charge in [0, 0.05) is 27.4 Å². The molecule has 0 saturated carbocycles. The van der Waals surface area contributed by atoms with Gasteiger partial charge in [-0.2, -0.15) is 0 Å². The van der Waals surface area contributed by atoms with Gasteiger partial charge in [-0.15, -0.1) is 0 Å². The fraction of sp³-hybridized carbons (Fsp3) is 0.385. The average molecular weight is 252 g/mol. The molecule has 0 atom stereocenters. The van der Waals surface area contributed by atoms with Crippen LogP contribution in [0.4, 0.5) is 0 Å². The molecule has 0 aliphatic heterocycles. The predicted octanol–water partition coefficient (Wildman–Crippen LogP) is 2.75. The van der Waals surface area contributed by atoms with Gasteiger partial charge in [0.1, 0.15) is 0 Å². The van der Waals surface area contributed by atoms with E-state index in [1.165, 1.54) is 5.56 Å². The maximum absolute atomic E-state index is 5.67. The summed E-state index contributed by atoms with van der Waals surface area (Å²) in [6.07, 6.45) is 2.69. The smallest absolute Gasteiger partial charge is 0.377 e. The zero-order valence-corrected chi connectivity index (χ0v) is 11.7. The first kappa shape index (κ1) is 14.1. The van der Waals surface area contributed by atoms with Crippen molar-refractivity contribution in [2.45, 2.75) is 13.0 Å². The van der Waals surface area contributed by atoms with E-state index in [1.807, 2.05) is 24.8 Å². The van der Waals surface area contributed by atoms with Crippen molar-refractivity contribution in [3.8, 4) is 0 Å². The summed E-state index contributed by atoms with van der Waals surface area (Å²) in [6, 6.07) is 8.24. The molecule has 1 aromatic carbocycles. The van der Waals surface area contributed by atoms with E-state index in [9.17, 15) is 0 Å². The molecule has 0 aliphatic carbocycles. The molecule has 0 radical (unpaired) electrons. The maximum atomic E-state index is 5.67. The van der Waals surface area contributed by atoms with Crippen LogP contribution in [0.5, 0.6) is 0 Å². The minimum Gasteiger partial charge on any atom is -0.377 e. The minimum atomic E-state index is -2.39. The third kappa shape index (κ3) is 4.44. The van der Waals surface area contributed by atoms with Crippen molar-refractivity contribution in [2.24, 2.45) is 0 Å². The highest BCUT2D eigenvalue weighted by molar-refractivity contribution is 6.59. The van der Waals surface area contributed by atoms with Crippen LogP contribution in [0.3, 0.4) is 0 Å². The quantitative estimate of drug-likeness (QED) is 0.698. The molecule has 94 valence electrons. The Labute approximate surface area is 104 Å². The Balaban J connectivity index is 2.47. The Kier molecular flexibility index (Phi) is 5.57. The largest absolute Gasteiger partial charge is 0.497 e. The van der Waals surface area contributed by atoms with E-state index in [-0.39, 0.29) is 0 Å². The van der Waals surface area contributed by atoms with E-state index in [4.69, 9.17) is 13.3 Å². The maximum Gasteiger partial charge on any atom is 0.497 e. The molecule has 0 saturated heterocycles. The fourth-order valence-electron chi connectivity index (χ4n) is 1.43. The molecule has 0 aliphatic rings. The monoisotopic (exact) mass is 252 g/mol. The Bertz CT molecular complexity index is 361. The molecular weight excluding hydrogens is 232 g/mol. The summed E-state index contributed by atoms with van der Waals surface area (Å²) >= 11 is 0. The van der Waals surface area contributed by atoms with Gasteiger partial charge in [-0.05, 0) is 17.5 Å². The Morgan fingerprint density at radius 2 is 2.00 bits per heavy atom. The first-order valence-electron chi connectivity index (χ1n) is 5.59. The Morgan fingerprint density at radius 1 is 1.29 bits per heavy atom. The van der Waals surface area contributed by atoms with Gasteiger partial charge in [0.05, 0.1) is 0 Å². The van der Waals surface area contributed by atoms with Gasteiger partial charge in [-0.3, -0.25) is 0 Å². The van der Waals surface area contributed by atoms with Crippen molar-refractivity contribution in [3.63, 3.8) is 0 Å².